The standard InChI is InChI=1S/C16H21NO3/c1-3-19-14-16(11-8-12-17-14,15(18)20-4-2)13-9-6-5-7-10-13/h5-7,9-10H,3-4,8,11-12H2,1-2H3/t16-/m1/s1. The Kier molecular flexibility index (Phi) is 4.77. The summed E-state index contributed by atoms with van der Waals surface area (Å²) in [4.78, 5) is 17.1. The summed E-state index contributed by atoms with van der Waals surface area (Å²) >= 11 is 0. The van der Waals surface area contributed by atoms with Gasteiger partial charge in [0, 0.05) is 6.54 Å². The third-order valence-electron chi connectivity index (χ3n) is 3.50. The number of benzene rings is 1. The zero-order chi connectivity index (χ0) is 14.4. The van der Waals surface area contributed by atoms with Gasteiger partial charge in [-0.05, 0) is 32.3 Å². The van der Waals surface area contributed by atoms with E-state index >= 15 is 0 Å². The Morgan fingerprint density at radius 3 is 2.65 bits per heavy atom. The highest BCUT2D eigenvalue weighted by Crippen LogP contribution is 2.36. The smallest absolute Gasteiger partial charge is 0.326 e. The highest BCUT2D eigenvalue weighted by molar-refractivity contribution is 6.09. The summed E-state index contributed by atoms with van der Waals surface area (Å²) in [7, 11) is 0. The topological polar surface area (TPSA) is 47.9 Å². The van der Waals surface area contributed by atoms with Crippen LogP contribution in [-0.2, 0) is 19.7 Å². The van der Waals surface area contributed by atoms with Gasteiger partial charge in [0.25, 0.3) is 0 Å². The van der Waals surface area contributed by atoms with Gasteiger partial charge in [-0.15, -0.1) is 0 Å². The second kappa shape index (κ2) is 6.55. The molecule has 1 aliphatic heterocycles. The highest BCUT2D eigenvalue weighted by Gasteiger charge is 2.49. The predicted molar refractivity (Wildman–Crippen MR) is 77.9 cm³/mol. The fraction of sp³-hybridized carbons (Fsp3) is 0.500. The summed E-state index contributed by atoms with van der Waals surface area (Å²) in [6, 6.07) is 9.67. The molecule has 1 aliphatic rings. The summed E-state index contributed by atoms with van der Waals surface area (Å²) in [5.41, 5.74) is 0.0104. The van der Waals surface area contributed by atoms with Gasteiger partial charge < -0.3 is 9.47 Å². The Morgan fingerprint density at radius 1 is 1.25 bits per heavy atom. The van der Waals surface area contributed by atoms with Gasteiger partial charge in [0.15, 0.2) is 5.41 Å². The second-order valence-electron chi connectivity index (χ2n) is 4.72. The first-order valence-electron chi connectivity index (χ1n) is 7.16. The molecule has 0 aromatic heterocycles. The van der Waals surface area contributed by atoms with Gasteiger partial charge in [-0.25, -0.2) is 0 Å². The molecular weight excluding hydrogens is 254 g/mol. The first-order chi connectivity index (χ1) is 9.75. The van der Waals surface area contributed by atoms with Crippen molar-refractivity contribution in [2.75, 3.05) is 19.8 Å². The SMILES string of the molecule is CCOC(=O)[C@@]1(c2ccccc2)CCCN=C1OCC. The van der Waals surface area contributed by atoms with Crippen molar-refractivity contribution in [3.63, 3.8) is 0 Å². The van der Waals surface area contributed by atoms with E-state index in [2.05, 4.69) is 4.99 Å². The average Bonchev–Trinajstić information content (AvgIpc) is 2.49. The van der Waals surface area contributed by atoms with Gasteiger partial charge in [-0.2, -0.15) is 0 Å². The van der Waals surface area contributed by atoms with Crippen LogP contribution in [0.5, 0.6) is 0 Å². The molecule has 0 radical (unpaired) electrons. The zero-order valence-electron chi connectivity index (χ0n) is 12.1. The Balaban J connectivity index is 2.51. The summed E-state index contributed by atoms with van der Waals surface area (Å²) in [6.45, 7) is 5.26. The van der Waals surface area contributed by atoms with Crippen molar-refractivity contribution in [2.45, 2.75) is 32.1 Å². The third kappa shape index (κ3) is 2.55. The maximum atomic E-state index is 12.6. The Hall–Kier alpha value is -1.84. The number of rotatable bonds is 4. The third-order valence-corrected chi connectivity index (χ3v) is 3.50. The minimum Gasteiger partial charge on any atom is -0.480 e. The average molecular weight is 275 g/mol. The quantitative estimate of drug-likeness (QED) is 0.794. The van der Waals surface area contributed by atoms with Crippen LogP contribution in [-0.4, -0.2) is 31.6 Å². The fourth-order valence-corrected chi connectivity index (χ4v) is 2.62. The van der Waals surface area contributed by atoms with Crippen LogP contribution in [0.25, 0.3) is 0 Å². The lowest BCUT2D eigenvalue weighted by molar-refractivity contribution is -0.148. The van der Waals surface area contributed by atoms with Crippen LogP contribution in [0.1, 0.15) is 32.3 Å². The Bertz CT molecular complexity index is 484. The number of esters is 1. The van der Waals surface area contributed by atoms with Gasteiger partial charge >= 0.3 is 5.97 Å². The second-order valence-corrected chi connectivity index (χ2v) is 4.72. The molecule has 0 spiro atoms. The molecule has 1 atom stereocenters. The molecule has 20 heavy (non-hydrogen) atoms. The minimum absolute atomic E-state index is 0.266. The molecule has 0 saturated carbocycles. The van der Waals surface area contributed by atoms with Gasteiger partial charge in [0.1, 0.15) is 0 Å². The molecule has 4 heteroatoms. The van der Waals surface area contributed by atoms with Crippen molar-refractivity contribution in [1.29, 1.82) is 0 Å². The maximum Gasteiger partial charge on any atom is 0.326 e. The van der Waals surface area contributed by atoms with E-state index in [0.717, 1.165) is 12.0 Å². The molecule has 0 saturated heterocycles. The molecule has 4 nitrogen and oxygen atoms in total. The van der Waals surface area contributed by atoms with Gasteiger partial charge in [-0.1, -0.05) is 30.3 Å². The van der Waals surface area contributed by atoms with Crippen molar-refractivity contribution >= 4 is 11.9 Å². The molecule has 1 aromatic rings. The normalized spacial score (nSPS) is 22.0. The van der Waals surface area contributed by atoms with Crippen LogP contribution >= 0.6 is 0 Å². The lowest BCUT2D eigenvalue weighted by atomic mass is 9.75. The van der Waals surface area contributed by atoms with Crippen molar-refractivity contribution in [3.8, 4) is 0 Å². The van der Waals surface area contributed by atoms with Crippen LogP contribution in [0, 0.1) is 0 Å². The first kappa shape index (κ1) is 14.6. The largest absolute Gasteiger partial charge is 0.480 e. The molecule has 0 bridgehead atoms. The van der Waals surface area contributed by atoms with Crippen molar-refractivity contribution in [1.82, 2.24) is 0 Å². The lowest BCUT2D eigenvalue weighted by Gasteiger charge is -2.34. The molecule has 2 rings (SSSR count). The van der Waals surface area contributed by atoms with Crippen LogP contribution < -0.4 is 0 Å². The van der Waals surface area contributed by atoms with Crippen LogP contribution in [0.3, 0.4) is 0 Å². The van der Waals surface area contributed by atoms with Gasteiger partial charge in [-0.3, -0.25) is 9.79 Å². The van der Waals surface area contributed by atoms with E-state index < -0.39 is 5.41 Å². The Labute approximate surface area is 119 Å². The minimum atomic E-state index is -0.883. The monoisotopic (exact) mass is 275 g/mol. The molecule has 0 fully saturated rings. The van der Waals surface area contributed by atoms with Crippen LogP contribution in [0.2, 0.25) is 0 Å². The summed E-state index contributed by atoms with van der Waals surface area (Å²) < 4.78 is 11.0. The van der Waals surface area contributed by atoms with E-state index in [1.165, 1.54) is 0 Å². The molecule has 0 amide bonds. The zero-order valence-corrected chi connectivity index (χ0v) is 12.1. The van der Waals surface area contributed by atoms with Crippen LogP contribution in [0.4, 0.5) is 0 Å². The van der Waals surface area contributed by atoms with Gasteiger partial charge in [0.05, 0.1) is 13.2 Å². The molecule has 1 heterocycles. The van der Waals surface area contributed by atoms with Crippen molar-refractivity contribution < 1.29 is 14.3 Å². The molecule has 0 aliphatic carbocycles. The van der Waals surface area contributed by atoms with Crippen molar-refractivity contribution in [3.05, 3.63) is 35.9 Å². The summed E-state index contributed by atoms with van der Waals surface area (Å²) in [6.07, 6.45) is 1.53. The Morgan fingerprint density at radius 2 is 2.00 bits per heavy atom. The van der Waals surface area contributed by atoms with Crippen LogP contribution in [0.15, 0.2) is 35.3 Å². The maximum absolute atomic E-state index is 12.6. The number of carbonyl (C=O) groups excluding carboxylic acids is 1. The molecular formula is C16H21NO3. The van der Waals surface area contributed by atoms with Gasteiger partial charge in [0.2, 0.25) is 5.90 Å². The molecule has 0 N–H and O–H groups in total. The highest BCUT2D eigenvalue weighted by atomic mass is 16.5. The number of aliphatic imine (C=N–C) groups is 1. The first-order valence-corrected chi connectivity index (χ1v) is 7.16. The van der Waals surface area contributed by atoms with Crippen molar-refractivity contribution in [2.24, 2.45) is 4.99 Å². The number of ether oxygens (including phenoxy) is 2. The number of nitrogens with zero attached hydrogens (tertiary/aromatic N) is 1. The number of hydrogen-bond acceptors (Lipinski definition) is 4. The predicted octanol–water partition coefficient (Wildman–Crippen LogP) is 2.72. The summed E-state index contributed by atoms with van der Waals surface area (Å²) in [5.74, 6) is 0.231. The molecule has 108 valence electrons. The van der Waals surface area contributed by atoms with E-state index in [9.17, 15) is 4.79 Å². The molecule has 1 aromatic carbocycles. The number of carbonyl (C=O) groups is 1. The summed E-state index contributed by atoms with van der Waals surface area (Å²) in [5, 5.41) is 0. The van der Waals surface area contributed by atoms with E-state index in [-0.39, 0.29) is 5.97 Å². The fourth-order valence-electron chi connectivity index (χ4n) is 2.62. The van der Waals surface area contributed by atoms with E-state index in [1.807, 2.05) is 44.2 Å². The number of hydrogen-bond donors (Lipinski definition) is 0. The molecule has 0 unspecified atom stereocenters. The van der Waals surface area contributed by atoms with E-state index in [4.69, 9.17) is 9.47 Å². The van der Waals surface area contributed by atoms with E-state index in [1.54, 1.807) is 0 Å². The lowest BCUT2D eigenvalue weighted by Crippen LogP contribution is -2.48. The van der Waals surface area contributed by atoms with E-state index in [0.29, 0.717) is 32.1 Å².